The van der Waals surface area contributed by atoms with Gasteiger partial charge in [0, 0.05) is 17.5 Å². The largest absolute Gasteiger partial charge is 0.486 e. The summed E-state index contributed by atoms with van der Waals surface area (Å²) < 4.78 is 12.0. The lowest BCUT2D eigenvalue weighted by atomic mass is 10.2. The summed E-state index contributed by atoms with van der Waals surface area (Å²) in [5.41, 5.74) is 2.93. The summed E-state index contributed by atoms with van der Waals surface area (Å²) >= 11 is 3.16. The van der Waals surface area contributed by atoms with Gasteiger partial charge in [0.15, 0.2) is 11.5 Å². The van der Waals surface area contributed by atoms with Crippen molar-refractivity contribution in [2.45, 2.75) is 17.9 Å². The van der Waals surface area contributed by atoms with Crippen LogP contribution in [0.3, 0.4) is 0 Å². The average Bonchev–Trinajstić information content (AvgIpc) is 2.67. The number of amides is 1. The minimum absolute atomic E-state index is 0.0613. The van der Waals surface area contributed by atoms with Gasteiger partial charge in [0.1, 0.15) is 17.6 Å². The van der Waals surface area contributed by atoms with Crippen LogP contribution in [0.1, 0.15) is 12.5 Å². The number of benzene rings is 2. The fourth-order valence-corrected chi connectivity index (χ4v) is 4.83. The molecule has 1 amide bonds. The van der Waals surface area contributed by atoms with E-state index in [4.69, 9.17) is 9.47 Å². The third kappa shape index (κ3) is 3.83. The summed E-state index contributed by atoms with van der Waals surface area (Å²) in [4.78, 5) is 17.2. The molecule has 0 unspecified atom stereocenters. The molecule has 0 bridgehead atoms. The number of carbonyl (C=O) groups is 1. The van der Waals surface area contributed by atoms with Crippen LogP contribution in [0.25, 0.3) is 0 Å². The minimum Gasteiger partial charge on any atom is -0.486 e. The molecule has 2 aromatic rings. The van der Waals surface area contributed by atoms with Crippen LogP contribution in [0.5, 0.6) is 11.5 Å². The van der Waals surface area contributed by atoms with Crippen molar-refractivity contribution in [2.24, 2.45) is 4.99 Å². The van der Waals surface area contributed by atoms with E-state index >= 15 is 0 Å². The van der Waals surface area contributed by atoms with E-state index in [1.165, 1.54) is 17.3 Å². The van der Waals surface area contributed by atoms with Crippen molar-refractivity contribution in [1.29, 1.82) is 0 Å². The molecule has 0 aliphatic carbocycles. The maximum absolute atomic E-state index is 12.5. The van der Waals surface area contributed by atoms with E-state index in [0.29, 0.717) is 30.4 Å². The molecule has 26 heavy (non-hydrogen) atoms. The Labute approximate surface area is 160 Å². The second-order valence-corrected chi connectivity index (χ2v) is 8.45. The van der Waals surface area contributed by atoms with Crippen molar-refractivity contribution in [1.82, 2.24) is 0 Å². The molecular formula is C19H18N2O3S2. The molecule has 1 atom stereocenters. The lowest BCUT2D eigenvalue weighted by Crippen LogP contribution is -2.24. The van der Waals surface area contributed by atoms with Gasteiger partial charge in [-0.3, -0.25) is 4.79 Å². The molecule has 0 fully saturated rings. The summed E-state index contributed by atoms with van der Waals surface area (Å²) in [6, 6.07) is 13.6. The van der Waals surface area contributed by atoms with Gasteiger partial charge in [0.05, 0.1) is 10.9 Å². The van der Waals surface area contributed by atoms with Crippen molar-refractivity contribution in [3.63, 3.8) is 0 Å². The Morgan fingerprint density at radius 1 is 1.19 bits per heavy atom. The van der Waals surface area contributed by atoms with Gasteiger partial charge < -0.3 is 14.8 Å². The standard InChI is InChI=1S/C19H18N2O3S2/c1-12(26-19-21-15-5-3-2-4-13(15)11-25-19)18(22)20-14-6-7-16-17(10-14)24-9-8-23-16/h2-7,10,12H,8-9,11H2,1H3,(H,20,22)/t12-/m1/s1. The molecule has 1 N–H and O–H groups in total. The molecule has 2 aliphatic heterocycles. The van der Waals surface area contributed by atoms with Gasteiger partial charge in [-0.2, -0.15) is 0 Å². The molecule has 7 heteroatoms. The average molecular weight is 386 g/mol. The first-order chi connectivity index (χ1) is 12.7. The first kappa shape index (κ1) is 17.3. The number of rotatable bonds is 3. The third-order valence-corrected chi connectivity index (χ3v) is 6.31. The SMILES string of the molecule is C[C@@H](SC1=Nc2ccccc2CS1)C(=O)Nc1ccc2c(c1)OCCO2. The van der Waals surface area contributed by atoms with Crippen LogP contribution in [0.4, 0.5) is 11.4 Å². The zero-order chi connectivity index (χ0) is 17.9. The maximum Gasteiger partial charge on any atom is 0.237 e. The molecule has 2 aromatic carbocycles. The molecule has 0 spiro atoms. The highest BCUT2D eigenvalue weighted by atomic mass is 32.2. The molecule has 0 saturated heterocycles. The fourth-order valence-electron chi connectivity index (χ4n) is 2.64. The Balaban J connectivity index is 1.40. The van der Waals surface area contributed by atoms with E-state index in [0.717, 1.165) is 15.8 Å². The number of carbonyl (C=O) groups excluding carboxylic acids is 1. The predicted octanol–water partition coefficient (Wildman–Crippen LogP) is 4.45. The monoisotopic (exact) mass is 386 g/mol. The van der Waals surface area contributed by atoms with Crippen LogP contribution in [-0.2, 0) is 10.5 Å². The number of nitrogens with one attached hydrogen (secondary N) is 1. The number of aliphatic imine (C=N–C) groups is 1. The van der Waals surface area contributed by atoms with Crippen molar-refractivity contribution >= 4 is 45.2 Å². The molecule has 0 radical (unpaired) electrons. The lowest BCUT2D eigenvalue weighted by Gasteiger charge is -2.20. The number of ether oxygens (including phenoxy) is 2. The van der Waals surface area contributed by atoms with E-state index in [1.807, 2.05) is 37.3 Å². The highest BCUT2D eigenvalue weighted by molar-refractivity contribution is 8.39. The number of hydrogen-bond donors (Lipinski definition) is 1. The van der Waals surface area contributed by atoms with Gasteiger partial charge in [-0.25, -0.2) is 4.99 Å². The minimum atomic E-state index is -0.250. The number of fused-ring (bicyclic) bond motifs is 2. The van der Waals surface area contributed by atoms with Crippen molar-refractivity contribution in [3.05, 3.63) is 48.0 Å². The highest BCUT2D eigenvalue weighted by Crippen LogP contribution is 2.36. The summed E-state index contributed by atoms with van der Waals surface area (Å²) in [7, 11) is 0. The van der Waals surface area contributed by atoms with Crippen molar-refractivity contribution in [3.8, 4) is 11.5 Å². The van der Waals surface area contributed by atoms with Gasteiger partial charge in [-0.05, 0) is 30.7 Å². The van der Waals surface area contributed by atoms with Gasteiger partial charge >= 0.3 is 0 Å². The number of hydrogen-bond acceptors (Lipinski definition) is 6. The Hall–Kier alpha value is -2.12. The summed E-state index contributed by atoms with van der Waals surface area (Å²) in [6.45, 7) is 2.96. The molecular weight excluding hydrogens is 368 g/mol. The zero-order valence-corrected chi connectivity index (χ0v) is 15.9. The highest BCUT2D eigenvalue weighted by Gasteiger charge is 2.21. The van der Waals surface area contributed by atoms with Crippen LogP contribution >= 0.6 is 23.5 Å². The first-order valence-corrected chi connectivity index (χ1v) is 10.2. The molecule has 0 aromatic heterocycles. The van der Waals surface area contributed by atoms with Crippen molar-refractivity contribution < 1.29 is 14.3 Å². The van der Waals surface area contributed by atoms with Crippen LogP contribution in [0.15, 0.2) is 47.5 Å². The molecule has 2 aliphatic rings. The Morgan fingerprint density at radius 2 is 2.00 bits per heavy atom. The zero-order valence-electron chi connectivity index (χ0n) is 14.2. The van der Waals surface area contributed by atoms with E-state index in [-0.39, 0.29) is 11.2 Å². The molecule has 5 nitrogen and oxygen atoms in total. The number of thioether (sulfide) groups is 2. The first-order valence-electron chi connectivity index (χ1n) is 8.35. The number of anilines is 1. The molecule has 4 rings (SSSR count). The maximum atomic E-state index is 12.5. The third-order valence-electron chi connectivity index (χ3n) is 4.01. The quantitative estimate of drug-likeness (QED) is 0.844. The summed E-state index contributed by atoms with van der Waals surface area (Å²) in [6.07, 6.45) is 0. The summed E-state index contributed by atoms with van der Waals surface area (Å²) in [5.74, 6) is 2.20. The van der Waals surface area contributed by atoms with E-state index < -0.39 is 0 Å². The van der Waals surface area contributed by atoms with Crippen LogP contribution < -0.4 is 14.8 Å². The fraction of sp³-hybridized carbons (Fsp3) is 0.263. The van der Waals surface area contributed by atoms with Crippen LogP contribution in [0, 0.1) is 0 Å². The second kappa shape index (κ2) is 7.63. The Kier molecular flexibility index (Phi) is 5.08. The predicted molar refractivity (Wildman–Crippen MR) is 108 cm³/mol. The molecule has 134 valence electrons. The molecule has 0 saturated carbocycles. The van der Waals surface area contributed by atoms with Crippen molar-refractivity contribution in [2.75, 3.05) is 18.5 Å². The van der Waals surface area contributed by atoms with Gasteiger partial charge in [-0.1, -0.05) is 41.7 Å². The van der Waals surface area contributed by atoms with Crippen LogP contribution in [-0.4, -0.2) is 28.7 Å². The lowest BCUT2D eigenvalue weighted by molar-refractivity contribution is -0.115. The number of nitrogens with zero attached hydrogens (tertiary/aromatic N) is 1. The van der Waals surface area contributed by atoms with Gasteiger partial charge in [0.2, 0.25) is 5.91 Å². The Bertz CT molecular complexity index is 870. The van der Waals surface area contributed by atoms with Crippen LogP contribution in [0.2, 0.25) is 0 Å². The summed E-state index contributed by atoms with van der Waals surface area (Å²) in [5, 5.41) is 2.69. The van der Waals surface area contributed by atoms with E-state index in [1.54, 1.807) is 17.8 Å². The smallest absolute Gasteiger partial charge is 0.237 e. The second-order valence-electron chi connectivity index (χ2n) is 5.90. The molecule has 2 heterocycles. The normalized spacial score (nSPS) is 16.3. The van der Waals surface area contributed by atoms with Gasteiger partial charge in [0.25, 0.3) is 0 Å². The topological polar surface area (TPSA) is 59.9 Å². The Morgan fingerprint density at radius 3 is 2.88 bits per heavy atom. The van der Waals surface area contributed by atoms with Gasteiger partial charge in [-0.15, -0.1) is 0 Å². The number of para-hydroxylation sites is 1. The van der Waals surface area contributed by atoms with E-state index in [2.05, 4.69) is 16.4 Å². The van der Waals surface area contributed by atoms with E-state index in [9.17, 15) is 4.79 Å².